The van der Waals surface area contributed by atoms with E-state index >= 15 is 0 Å². The average molecular weight is 337 g/mol. The number of cyclic esters (lactones) is 1. The highest BCUT2D eigenvalue weighted by Crippen LogP contribution is 2.29. The van der Waals surface area contributed by atoms with Gasteiger partial charge in [0, 0.05) is 12.6 Å². The van der Waals surface area contributed by atoms with Crippen molar-refractivity contribution in [2.45, 2.75) is 19.4 Å². The topological polar surface area (TPSA) is 111 Å². The van der Waals surface area contributed by atoms with Crippen LogP contribution in [0.15, 0.2) is 18.2 Å². The summed E-state index contributed by atoms with van der Waals surface area (Å²) in [4.78, 5) is 36.2. The van der Waals surface area contributed by atoms with Gasteiger partial charge in [-0.1, -0.05) is 6.92 Å². The first-order valence-electron chi connectivity index (χ1n) is 7.49. The van der Waals surface area contributed by atoms with Crippen LogP contribution < -0.4 is 10.1 Å². The van der Waals surface area contributed by atoms with Crippen molar-refractivity contribution >= 4 is 23.3 Å². The Kier molecular flexibility index (Phi) is 5.69. The Morgan fingerprint density at radius 1 is 1.54 bits per heavy atom. The number of hydrogen-bond donors (Lipinski definition) is 1. The highest BCUT2D eigenvalue weighted by atomic mass is 16.6. The number of esters is 1. The van der Waals surface area contributed by atoms with Crippen molar-refractivity contribution in [2.24, 2.45) is 0 Å². The van der Waals surface area contributed by atoms with Gasteiger partial charge in [0.15, 0.2) is 0 Å². The van der Waals surface area contributed by atoms with Gasteiger partial charge < -0.3 is 14.8 Å². The number of amides is 1. The molecule has 1 heterocycles. The molecule has 1 aromatic carbocycles. The van der Waals surface area contributed by atoms with E-state index in [1.54, 1.807) is 0 Å². The van der Waals surface area contributed by atoms with E-state index in [0.717, 1.165) is 0 Å². The highest BCUT2D eigenvalue weighted by molar-refractivity contribution is 5.95. The molecule has 1 saturated heterocycles. The van der Waals surface area contributed by atoms with E-state index in [-0.39, 0.29) is 17.9 Å². The molecule has 0 aromatic heterocycles. The molecule has 0 bridgehead atoms. The molecule has 1 atom stereocenters. The van der Waals surface area contributed by atoms with Gasteiger partial charge in [-0.05, 0) is 12.6 Å². The maximum Gasteiger partial charge on any atom is 0.323 e. The van der Waals surface area contributed by atoms with Crippen LogP contribution in [0.5, 0.6) is 5.75 Å². The number of carbonyl (C=O) groups excluding carboxylic acids is 2. The smallest absolute Gasteiger partial charge is 0.323 e. The molecule has 1 aliphatic rings. The molecule has 0 unspecified atom stereocenters. The van der Waals surface area contributed by atoms with Gasteiger partial charge in [0.1, 0.15) is 18.4 Å². The molecule has 0 saturated carbocycles. The van der Waals surface area contributed by atoms with Gasteiger partial charge in [0.05, 0.1) is 30.2 Å². The number of benzene rings is 1. The Balaban J connectivity index is 2.09. The number of methoxy groups -OCH3 is 1. The normalized spacial score (nSPS) is 17.9. The van der Waals surface area contributed by atoms with Crippen molar-refractivity contribution in [2.75, 3.05) is 32.1 Å². The number of likely N-dealkylation sites (N-methyl/N-ethyl adjacent to an activating group) is 1. The van der Waals surface area contributed by atoms with Crippen LogP contribution in [0.3, 0.4) is 0 Å². The molecule has 24 heavy (non-hydrogen) atoms. The molecule has 1 amide bonds. The van der Waals surface area contributed by atoms with Crippen LogP contribution >= 0.6 is 0 Å². The predicted molar refractivity (Wildman–Crippen MR) is 84.9 cm³/mol. The molecule has 1 aliphatic heterocycles. The standard InChI is InChI=1S/C15H19N3O6/c1-3-17-6-7-24-15(20)12(17)9-14(19)16-11-5-4-10(18(21)22)8-13(11)23-2/h4-5,8,12H,3,6-7,9H2,1-2H3,(H,16,19)/t12-/m0/s1. The zero-order valence-electron chi connectivity index (χ0n) is 13.5. The number of morpholine rings is 1. The largest absolute Gasteiger partial charge is 0.494 e. The summed E-state index contributed by atoms with van der Waals surface area (Å²) in [5.74, 6) is -0.644. The van der Waals surface area contributed by atoms with Crippen LogP contribution in [0.2, 0.25) is 0 Å². The van der Waals surface area contributed by atoms with E-state index in [0.29, 0.717) is 25.4 Å². The van der Waals surface area contributed by atoms with Gasteiger partial charge in [0.2, 0.25) is 5.91 Å². The summed E-state index contributed by atoms with van der Waals surface area (Å²) in [6.07, 6.45) is -0.0627. The monoisotopic (exact) mass is 337 g/mol. The van der Waals surface area contributed by atoms with Gasteiger partial charge >= 0.3 is 5.97 Å². The lowest BCUT2D eigenvalue weighted by Crippen LogP contribution is -2.50. The number of rotatable bonds is 6. The first-order chi connectivity index (χ1) is 11.5. The molecule has 1 fully saturated rings. The maximum absolute atomic E-state index is 12.2. The van der Waals surface area contributed by atoms with Crippen molar-refractivity contribution in [1.82, 2.24) is 4.90 Å². The van der Waals surface area contributed by atoms with Gasteiger partial charge in [-0.25, -0.2) is 0 Å². The van der Waals surface area contributed by atoms with E-state index < -0.39 is 22.8 Å². The van der Waals surface area contributed by atoms with Crippen molar-refractivity contribution in [1.29, 1.82) is 0 Å². The van der Waals surface area contributed by atoms with E-state index in [1.807, 2.05) is 11.8 Å². The minimum atomic E-state index is -0.632. The van der Waals surface area contributed by atoms with Crippen molar-refractivity contribution in [3.63, 3.8) is 0 Å². The Morgan fingerprint density at radius 2 is 2.29 bits per heavy atom. The fraction of sp³-hybridized carbons (Fsp3) is 0.467. The number of nitrogens with one attached hydrogen (secondary N) is 1. The molecule has 1 aromatic rings. The summed E-state index contributed by atoms with van der Waals surface area (Å²) >= 11 is 0. The van der Waals surface area contributed by atoms with Gasteiger partial charge in [0.25, 0.3) is 5.69 Å². The number of non-ortho nitro benzene ring substituents is 1. The fourth-order valence-electron chi connectivity index (χ4n) is 2.53. The van der Waals surface area contributed by atoms with Crippen molar-refractivity contribution < 1.29 is 24.0 Å². The number of ether oxygens (including phenoxy) is 2. The molecule has 130 valence electrons. The zero-order chi connectivity index (χ0) is 17.7. The maximum atomic E-state index is 12.2. The van der Waals surface area contributed by atoms with E-state index in [1.165, 1.54) is 25.3 Å². The first kappa shape index (κ1) is 17.7. The molecule has 1 N–H and O–H groups in total. The molecular weight excluding hydrogens is 318 g/mol. The summed E-state index contributed by atoms with van der Waals surface area (Å²) in [6.45, 7) is 3.44. The SMILES string of the molecule is CCN1CCOC(=O)[C@@H]1CC(=O)Nc1ccc([N+](=O)[O-])cc1OC. The lowest BCUT2D eigenvalue weighted by Gasteiger charge is -2.32. The lowest BCUT2D eigenvalue weighted by molar-refractivity contribution is -0.384. The van der Waals surface area contributed by atoms with Crippen LogP contribution in [0.25, 0.3) is 0 Å². The predicted octanol–water partition coefficient (Wildman–Crippen LogP) is 1.18. The zero-order valence-corrected chi connectivity index (χ0v) is 13.5. The van der Waals surface area contributed by atoms with Gasteiger partial charge in [-0.2, -0.15) is 0 Å². The minimum absolute atomic E-state index is 0.0627. The van der Waals surface area contributed by atoms with Crippen LogP contribution in [-0.2, 0) is 14.3 Å². The van der Waals surface area contributed by atoms with Gasteiger partial charge in [-0.3, -0.25) is 24.6 Å². The Labute approximate surface area is 138 Å². The number of anilines is 1. The third-order valence-corrected chi connectivity index (χ3v) is 3.79. The molecule has 0 radical (unpaired) electrons. The first-order valence-corrected chi connectivity index (χ1v) is 7.49. The second-order valence-electron chi connectivity index (χ2n) is 5.21. The number of hydrogen-bond acceptors (Lipinski definition) is 7. The summed E-state index contributed by atoms with van der Waals surface area (Å²) < 4.78 is 10.1. The second-order valence-corrected chi connectivity index (χ2v) is 5.21. The molecule has 9 nitrogen and oxygen atoms in total. The molecule has 0 aliphatic carbocycles. The van der Waals surface area contributed by atoms with Crippen molar-refractivity contribution in [3.05, 3.63) is 28.3 Å². The van der Waals surface area contributed by atoms with Crippen LogP contribution in [0.1, 0.15) is 13.3 Å². The molecule has 0 spiro atoms. The quantitative estimate of drug-likeness (QED) is 0.471. The summed E-state index contributed by atoms with van der Waals surface area (Å²) in [7, 11) is 1.35. The second kappa shape index (κ2) is 7.73. The van der Waals surface area contributed by atoms with E-state index in [2.05, 4.69) is 5.32 Å². The van der Waals surface area contributed by atoms with Crippen LogP contribution in [0.4, 0.5) is 11.4 Å². The molecular formula is C15H19N3O6. The van der Waals surface area contributed by atoms with Crippen LogP contribution in [0, 0.1) is 10.1 Å². The summed E-state index contributed by atoms with van der Waals surface area (Å²) in [5.41, 5.74) is 0.165. The number of carbonyl (C=O) groups is 2. The Bertz CT molecular complexity index is 648. The average Bonchev–Trinajstić information content (AvgIpc) is 2.56. The highest BCUT2D eigenvalue weighted by Gasteiger charge is 2.32. The fourth-order valence-corrected chi connectivity index (χ4v) is 2.53. The minimum Gasteiger partial charge on any atom is -0.494 e. The van der Waals surface area contributed by atoms with E-state index in [4.69, 9.17) is 9.47 Å². The Morgan fingerprint density at radius 3 is 2.92 bits per heavy atom. The molecule has 2 rings (SSSR count). The summed E-state index contributed by atoms with van der Waals surface area (Å²) in [5, 5.41) is 13.4. The lowest BCUT2D eigenvalue weighted by atomic mass is 10.1. The number of nitrogens with zero attached hydrogens (tertiary/aromatic N) is 2. The Hall–Kier alpha value is -2.68. The van der Waals surface area contributed by atoms with Crippen molar-refractivity contribution in [3.8, 4) is 5.75 Å². The third kappa shape index (κ3) is 3.99. The van der Waals surface area contributed by atoms with Crippen LogP contribution in [-0.4, -0.2) is 54.5 Å². The number of nitro benzene ring substituents is 1. The van der Waals surface area contributed by atoms with E-state index in [9.17, 15) is 19.7 Å². The number of nitro groups is 1. The van der Waals surface area contributed by atoms with Gasteiger partial charge in [-0.15, -0.1) is 0 Å². The third-order valence-electron chi connectivity index (χ3n) is 3.79. The molecule has 9 heteroatoms. The summed E-state index contributed by atoms with van der Waals surface area (Å²) in [6, 6.07) is 3.26.